The molecule has 1 fully saturated rings. The molecule has 158 valence electrons. The summed E-state index contributed by atoms with van der Waals surface area (Å²) in [6, 6.07) is 8.69. The van der Waals surface area contributed by atoms with E-state index < -0.39 is 0 Å². The van der Waals surface area contributed by atoms with Crippen molar-refractivity contribution in [1.29, 1.82) is 0 Å². The van der Waals surface area contributed by atoms with E-state index in [1.54, 1.807) is 19.0 Å². The second-order valence-corrected chi connectivity index (χ2v) is 7.35. The molecule has 0 aromatic heterocycles. The fourth-order valence-electron chi connectivity index (χ4n) is 3.21. The molecule has 1 heterocycles. The molecule has 0 aliphatic carbocycles. The number of rotatable bonds is 7. The number of carbonyl (C=O) groups excluding carboxylic acids is 1. The van der Waals surface area contributed by atoms with Crippen molar-refractivity contribution in [3.63, 3.8) is 0 Å². The van der Waals surface area contributed by atoms with Crippen molar-refractivity contribution in [3.05, 3.63) is 35.4 Å². The zero-order chi connectivity index (χ0) is 19.5. The van der Waals surface area contributed by atoms with Gasteiger partial charge in [0, 0.05) is 27.2 Å². The lowest BCUT2D eigenvalue weighted by atomic mass is 10.1. The van der Waals surface area contributed by atoms with E-state index >= 15 is 0 Å². The molecule has 1 aliphatic rings. The Morgan fingerprint density at radius 3 is 2.43 bits per heavy atom. The minimum atomic E-state index is 0. The summed E-state index contributed by atoms with van der Waals surface area (Å²) in [6.07, 6.45) is 5.35. The van der Waals surface area contributed by atoms with Gasteiger partial charge in [-0.1, -0.05) is 37.1 Å². The average Bonchev–Trinajstić information content (AvgIpc) is 2.92. The second kappa shape index (κ2) is 13.8. The van der Waals surface area contributed by atoms with Crippen LogP contribution in [0.2, 0.25) is 0 Å². The van der Waals surface area contributed by atoms with Gasteiger partial charge in [0.25, 0.3) is 0 Å². The van der Waals surface area contributed by atoms with Crippen LogP contribution in [0.4, 0.5) is 0 Å². The lowest BCUT2D eigenvalue weighted by molar-refractivity contribution is -0.127. The van der Waals surface area contributed by atoms with Crippen LogP contribution < -0.4 is 10.6 Å². The number of guanidine groups is 1. The number of benzene rings is 1. The highest BCUT2D eigenvalue weighted by molar-refractivity contribution is 14.0. The lowest BCUT2D eigenvalue weighted by Gasteiger charge is -2.20. The summed E-state index contributed by atoms with van der Waals surface area (Å²) in [5.74, 6) is 0.700. The number of amides is 1. The minimum absolute atomic E-state index is 0. The first-order valence-electron chi connectivity index (χ1n) is 10.1. The Morgan fingerprint density at radius 2 is 1.79 bits per heavy atom. The van der Waals surface area contributed by atoms with Crippen molar-refractivity contribution in [2.75, 3.05) is 40.3 Å². The molecule has 1 aliphatic heterocycles. The molecule has 2 N–H and O–H groups in total. The maximum atomic E-state index is 11.8. The smallest absolute Gasteiger partial charge is 0.241 e. The van der Waals surface area contributed by atoms with Crippen LogP contribution >= 0.6 is 24.0 Å². The van der Waals surface area contributed by atoms with E-state index in [2.05, 4.69) is 44.8 Å². The van der Waals surface area contributed by atoms with E-state index in [4.69, 9.17) is 0 Å². The van der Waals surface area contributed by atoms with Crippen molar-refractivity contribution in [2.45, 2.75) is 45.7 Å². The highest BCUT2D eigenvalue weighted by Gasteiger charge is 2.10. The fraction of sp³-hybridized carbons (Fsp3) is 0.619. The lowest BCUT2D eigenvalue weighted by Crippen LogP contribution is -2.42. The number of likely N-dealkylation sites (tertiary alicyclic amines) is 1. The van der Waals surface area contributed by atoms with E-state index in [-0.39, 0.29) is 36.4 Å². The minimum Gasteiger partial charge on any atom is -0.357 e. The predicted molar refractivity (Wildman–Crippen MR) is 127 cm³/mol. The summed E-state index contributed by atoms with van der Waals surface area (Å²) in [4.78, 5) is 20.5. The van der Waals surface area contributed by atoms with Gasteiger partial charge in [0.05, 0.1) is 13.1 Å². The van der Waals surface area contributed by atoms with Gasteiger partial charge in [-0.2, -0.15) is 0 Å². The van der Waals surface area contributed by atoms with Crippen molar-refractivity contribution in [1.82, 2.24) is 20.4 Å². The van der Waals surface area contributed by atoms with Gasteiger partial charge < -0.3 is 15.5 Å². The predicted octanol–water partition coefficient (Wildman–Crippen LogP) is 2.82. The van der Waals surface area contributed by atoms with Crippen molar-refractivity contribution in [2.24, 2.45) is 4.99 Å². The van der Waals surface area contributed by atoms with Crippen LogP contribution in [0.3, 0.4) is 0 Å². The topological polar surface area (TPSA) is 60.0 Å². The first-order chi connectivity index (χ1) is 13.1. The number of nitrogens with zero attached hydrogens (tertiary/aromatic N) is 3. The average molecular weight is 501 g/mol. The molecule has 2 rings (SSSR count). The fourth-order valence-corrected chi connectivity index (χ4v) is 3.21. The number of aliphatic imine (C=N–C) groups is 1. The summed E-state index contributed by atoms with van der Waals surface area (Å²) in [5.41, 5.74) is 2.55. The van der Waals surface area contributed by atoms with Gasteiger partial charge in [-0.3, -0.25) is 9.69 Å². The Kier molecular flexibility index (Phi) is 12.1. The van der Waals surface area contributed by atoms with Gasteiger partial charge in [-0.05, 0) is 44.0 Å². The van der Waals surface area contributed by atoms with E-state index in [1.807, 2.05) is 6.92 Å². The van der Waals surface area contributed by atoms with Crippen LogP contribution in [0.25, 0.3) is 0 Å². The molecule has 1 saturated heterocycles. The summed E-state index contributed by atoms with van der Waals surface area (Å²) in [5, 5.41) is 6.29. The molecular formula is C21H36IN5O. The molecule has 0 unspecified atom stereocenters. The van der Waals surface area contributed by atoms with Gasteiger partial charge >= 0.3 is 0 Å². The molecule has 0 bridgehead atoms. The molecule has 0 spiro atoms. The van der Waals surface area contributed by atoms with Gasteiger partial charge in [-0.15, -0.1) is 24.0 Å². The van der Waals surface area contributed by atoms with Crippen LogP contribution in [0.15, 0.2) is 29.3 Å². The first kappa shape index (κ1) is 24.7. The van der Waals surface area contributed by atoms with Gasteiger partial charge in [0.1, 0.15) is 0 Å². The van der Waals surface area contributed by atoms with Crippen molar-refractivity contribution >= 4 is 35.8 Å². The molecule has 0 atom stereocenters. The Balaban J connectivity index is 0.00000392. The summed E-state index contributed by atoms with van der Waals surface area (Å²) in [7, 11) is 3.51. The zero-order valence-corrected chi connectivity index (χ0v) is 19.9. The van der Waals surface area contributed by atoms with E-state index in [0.29, 0.717) is 12.5 Å². The third-order valence-electron chi connectivity index (χ3n) is 4.77. The summed E-state index contributed by atoms with van der Waals surface area (Å²) < 4.78 is 0. The van der Waals surface area contributed by atoms with Gasteiger partial charge in [-0.25, -0.2) is 4.99 Å². The van der Waals surface area contributed by atoms with Crippen LogP contribution in [-0.2, 0) is 17.9 Å². The van der Waals surface area contributed by atoms with Crippen molar-refractivity contribution in [3.8, 4) is 0 Å². The van der Waals surface area contributed by atoms with Gasteiger partial charge in [0.15, 0.2) is 5.96 Å². The van der Waals surface area contributed by atoms with Crippen LogP contribution in [0.5, 0.6) is 0 Å². The highest BCUT2D eigenvalue weighted by atomic mass is 127. The standard InChI is InChI=1S/C21H35N5O.HI/c1-4-22-21(24-16-20(27)25(2)3)23-15-18-10-9-11-19(14-18)17-26-12-7-5-6-8-13-26;/h9-11,14H,4-8,12-13,15-17H2,1-3H3,(H2,22,23,24);1H. The SMILES string of the molecule is CCNC(=NCc1cccc(CN2CCCCCC2)c1)NCC(=O)N(C)C.I. The summed E-state index contributed by atoms with van der Waals surface area (Å²) >= 11 is 0. The van der Waals surface area contributed by atoms with Gasteiger partial charge in [0.2, 0.25) is 5.91 Å². The molecule has 6 nitrogen and oxygen atoms in total. The number of halogens is 1. The molecule has 28 heavy (non-hydrogen) atoms. The molecule has 1 amide bonds. The maximum absolute atomic E-state index is 11.8. The number of nitrogens with one attached hydrogen (secondary N) is 2. The maximum Gasteiger partial charge on any atom is 0.241 e. The molecule has 7 heteroatoms. The molecule has 1 aromatic rings. The molecule has 0 radical (unpaired) electrons. The number of carbonyl (C=O) groups is 1. The van der Waals surface area contributed by atoms with Crippen molar-refractivity contribution < 1.29 is 4.79 Å². The second-order valence-electron chi connectivity index (χ2n) is 7.35. The number of likely N-dealkylation sites (N-methyl/N-ethyl adjacent to an activating group) is 1. The normalized spacial score (nSPS) is 15.3. The molecule has 0 saturated carbocycles. The third kappa shape index (κ3) is 9.23. The largest absolute Gasteiger partial charge is 0.357 e. The molecule has 1 aromatic carbocycles. The third-order valence-corrected chi connectivity index (χ3v) is 4.77. The van der Waals surface area contributed by atoms with Crippen LogP contribution in [0, 0.1) is 0 Å². The Morgan fingerprint density at radius 1 is 1.11 bits per heavy atom. The Hall–Kier alpha value is -1.35. The monoisotopic (exact) mass is 501 g/mol. The molecular weight excluding hydrogens is 465 g/mol. The van der Waals surface area contributed by atoms with E-state index in [9.17, 15) is 4.79 Å². The summed E-state index contributed by atoms with van der Waals surface area (Å²) in [6.45, 7) is 7.05. The Labute approximate surface area is 187 Å². The van der Waals surface area contributed by atoms with E-state index in [0.717, 1.165) is 13.1 Å². The highest BCUT2D eigenvalue weighted by Crippen LogP contribution is 2.14. The quantitative estimate of drug-likeness (QED) is 0.343. The Bertz CT molecular complexity index is 613. The zero-order valence-electron chi connectivity index (χ0n) is 17.5. The number of hydrogen-bond acceptors (Lipinski definition) is 3. The van der Waals surface area contributed by atoms with Crippen LogP contribution in [-0.4, -0.2) is 61.9 Å². The number of hydrogen-bond donors (Lipinski definition) is 2. The van der Waals surface area contributed by atoms with E-state index in [1.165, 1.54) is 49.9 Å². The van der Waals surface area contributed by atoms with Crippen LogP contribution in [0.1, 0.15) is 43.7 Å². The first-order valence-corrected chi connectivity index (χ1v) is 10.1.